The quantitative estimate of drug-likeness (QED) is 0.0826. The Kier molecular flexibility index (Phi) is 26.4. The van der Waals surface area contributed by atoms with Crippen LogP contribution in [0.1, 0.15) is 175 Å². The molecule has 0 aromatic heterocycles. The predicted molar refractivity (Wildman–Crippen MR) is 157 cm³/mol. The molecule has 0 bridgehead atoms. The van der Waals surface area contributed by atoms with E-state index in [0.717, 1.165) is 0 Å². The maximum atomic E-state index is 2.36. The summed E-state index contributed by atoms with van der Waals surface area (Å²) in [6.07, 6.45) is 40.9. The Morgan fingerprint density at radius 3 is 0.656 bits per heavy atom. The third kappa shape index (κ3) is 21.0. The molecule has 196 valence electrons. The average molecular weight is 471 g/mol. The molecular weight excluding hydrogens is 403 g/mol. The zero-order chi connectivity index (χ0) is 23.6. The molecule has 1 heteroatoms. The molecule has 32 heavy (non-hydrogen) atoms. The van der Waals surface area contributed by atoms with Gasteiger partial charge in [-0.1, -0.05) is 0 Å². The van der Waals surface area contributed by atoms with E-state index in [2.05, 4.69) is 27.7 Å². The van der Waals surface area contributed by atoms with Gasteiger partial charge >= 0.3 is 207 Å². The molecule has 0 aliphatic rings. The minimum atomic E-state index is -1.06. The predicted octanol–water partition coefficient (Wildman–Crippen LogP) is 11.8. The van der Waals surface area contributed by atoms with Crippen LogP contribution in [0, 0.1) is 0 Å². The molecule has 0 spiro atoms. The van der Waals surface area contributed by atoms with Crippen molar-refractivity contribution in [2.45, 2.75) is 175 Å². The van der Waals surface area contributed by atoms with Crippen molar-refractivity contribution in [3.8, 4) is 0 Å². The molecule has 0 aliphatic carbocycles. The molecule has 0 saturated heterocycles. The molecule has 0 amide bonds. The third-order valence-corrected chi connectivity index (χ3v) is 13.6. The van der Waals surface area contributed by atoms with Gasteiger partial charge in [-0.25, -0.2) is 0 Å². The van der Waals surface area contributed by atoms with Gasteiger partial charge < -0.3 is 0 Å². The van der Waals surface area contributed by atoms with Crippen LogP contribution in [0.5, 0.6) is 0 Å². The Labute approximate surface area is 207 Å². The number of unbranched alkanes of at least 4 members (excludes halogenated alkanes) is 19. The van der Waals surface area contributed by atoms with Crippen LogP contribution in [-0.4, -0.2) is 24.6 Å². The summed E-state index contributed by atoms with van der Waals surface area (Å²) in [4.78, 5) is 0. The van der Waals surface area contributed by atoms with Gasteiger partial charge in [0, 0.05) is 0 Å². The number of hydrogen-bond acceptors (Lipinski definition) is 0. The van der Waals surface area contributed by atoms with Crippen molar-refractivity contribution < 1.29 is 0 Å². The summed E-state index contributed by atoms with van der Waals surface area (Å²) >= 11 is 0. The van der Waals surface area contributed by atoms with E-state index in [4.69, 9.17) is 0 Å². The van der Waals surface area contributed by atoms with E-state index in [9.17, 15) is 0 Å². The Bertz CT molecular complexity index is 301. The standard InChI is InChI=1S/C31H67P/c1-5-9-13-17-18-19-23-27-31-32(28-24-20-14-10-6-2,29-25-21-15-11-7-3)30-26-22-16-12-8-4/h32H,5-31H2,1-4H3. The first kappa shape index (κ1) is 32.4. The van der Waals surface area contributed by atoms with Crippen molar-refractivity contribution in [3.63, 3.8) is 0 Å². The molecule has 0 rings (SSSR count). The minimum absolute atomic E-state index is 1.06. The van der Waals surface area contributed by atoms with Gasteiger partial charge in [-0.3, -0.25) is 0 Å². The Morgan fingerprint density at radius 2 is 0.438 bits per heavy atom. The second kappa shape index (κ2) is 26.0. The Balaban J connectivity index is 4.66. The van der Waals surface area contributed by atoms with Crippen molar-refractivity contribution in [1.29, 1.82) is 0 Å². The van der Waals surface area contributed by atoms with Crippen molar-refractivity contribution in [1.82, 2.24) is 0 Å². The van der Waals surface area contributed by atoms with E-state index in [1.54, 1.807) is 50.3 Å². The van der Waals surface area contributed by atoms with Crippen molar-refractivity contribution in [2.24, 2.45) is 0 Å². The molecule has 0 nitrogen and oxygen atoms in total. The summed E-state index contributed by atoms with van der Waals surface area (Å²) in [5, 5.41) is 0. The number of hydrogen-bond donors (Lipinski definition) is 0. The van der Waals surface area contributed by atoms with Crippen LogP contribution in [0.25, 0.3) is 0 Å². The first-order valence-corrected chi connectivity index (χ1v) is 18.6. The summed E-state index contributed by atoms with van der Waals surface area (Å²) in [6.45, 7) is 9.40. The van der Waals surface area contributed by atoms with Crippen molar-refractivity contribution >= 4 is 7.26 Å². The van der Waals surface area contributed by atoms with Gasteiger partial charge in [0.1, 0.15) is 0 Å². The second-order valence-corrected chi connectivity index (χ2v) is 16.2. The van der Waals surface area contributed by atoms with Gasteiger partial charge in [-0.2, -0.15) is 0 Å². The van der Waals surface area contributed by atoms with E-state index in [1.807, 2.05) is 0 Å². The third-order valence-electron chi connectivity index (χ3n) is 7.99. The van der Waals surface area contributed by atoms with E-state index in [-0.39, 0.29) is 0 Å². The first-order chi connectivity index (χ1) is 15.7. The fraction of sp³-hybridized carbons (Fsp3) is 1.00. The summed E-state index contributed by atoms with van der Waals surface area (Å²) < 4.78 is 0. The maximum absolute atomic E-state index is 2.36. The van der Waals surface area contributed by atoms with E-state index >= 15 is 0 Å². The van der Waals surface area contributed by atoms with Crippen LogP contribution in [0.4, 0.5) is 0 Å². The molecule has 0 aromatic rings. The fourth-order valence-corrected chi connectivity index (χ4v) is 11.2. The molecule has 0 atom stereocenters. The van der Waals surface area contributed by atoms with E-state index in [1.165, 1.54) is 122 Å². The van der Waals surface area contributed by atoms with Gasteiger partial charge in [0.25, 0.3) is 0 Å². The fourth-order valence-electron chi connectivity index (χ4n) is 5.69. The Hall–Kier alpha value is 0.430. The van der Waals surface area contributed by atoms with Gasteiger partial charge in [-0.15, -0.1) is 0 Å². The van der Waals surface area contributed by atoms with Gasteiger partial charge in [0.15, 0.2) is 0 Å². The molecule has 0 fully saturated rings. The molecule has 0 N–H and O–H groups in total. The van der Waals surface area contributed by atoms with Gasteiger partial charge in [0.05, 0.1) is 0 Å². The Morgan fingerprint density at radius 1 is 0.250 bits per heavy atom. The van der Waals surface area contributed by atoms with E-state index in [0.29, 0.717) is 0 Å². The van der Waals surface area contributed by atoms with Crippen LogP contribution in [0.2, 0.25) is 0 Å². The van der Waals surface area contributed by atoms with Crippen LogP contribution >= 0.6 is 7.26 Å². The van der Waals surface area contributed by atoms with Crippen molar-refractivity contribution in [2.75, 3.05) is 24.6 Å². The van der Waals surface area contributed by atoms with Gasteiger partial charge in [-0.05, 0) is 0 Å². The molecule has 0 aromatic carbocycles. The topological polar surface area (TPSA) is 0 Å². The van der Waals surface area contributed by atoms with Crippen LogP contribution < -0.4 is 0 Å². The zero-order valence-electron chi connectivity index (χ0n) is 23.6. The SMILES string of the molecule is CCCCCCCCCC[PH](CCCCCCC)(CCCCCCC)CCCCCCC. The molecular formula is C31H67P. The molecule has 0 radical (unpaired) electrons. The number of rotatable bonds is 27. The summed E-state index contributed by atoms with van der Waals surface area (Å²) in [6, 6.07) is 0. The molecule has 0 aliphatic heterocycles. The summed E-state index contributed by atoms with van der Waals surface area (Å²) in [7, 11) is -1.06. The summed E-state index contributed by atoms with van der Waals surface area (Å²) in [5.41, 5.74) is 0. The van der Waals surface area contributed by atoms with Crippen molar-refractivity contribution in [3.05, 3.63) is 0 Å². The first-order valence-electron chi connectivity index (χ1n) is 15.7. The van der Waals surface area contributed by atoms with Crippen LogP contribution in [-0.2, 0) is 0 Å². The average Bonchev–Trinajstić information content (AvgIpc) is 2.80. The molecule has 0 saturated carbocycles. The zero-order valence-corrected chi connectivity index (χ0v) is 24.6. The van der Waals surface area contributed by atoms with Crippen LogP contribution in [0.15, 0.2) is 0 Å². The molecule has 0 unspecified atom stereocenters. The second-order valence-electron chi connectivity index (χ2n) is 11.2. The summed E-state index contributed by atoms with van der Waals surface area (Å²) in [5.74, 6) is 0. The monoisotopic (exact) mass is 470 g/mol. The van der Waals surface area contributed by atoms with Gasteiger partial charge in [0.2, 0.25) is 0 Å². The normalized spacial score (nSPS) is 12.5. The van der Waals surface area contributed by atoms with Crippen LogP contribution in [0.3, 0.4) is 0 Å². The van der Waals surface area contributed by atoms with E-state index < -0.39 is 7.26 Å². The molecule has 0 heterocycles.